The summed E-state index contributed by atoms with van der Waals surface area (Å²) in [5.74, 6) is 0.431. The van der Waals surface area contributed by atoms with Crippen molar-refractivity contribution in [3.05, 3.63) is 47.5 Å². The van der Waals surface area contributed by atoms with Crippen molar-refractivity contribution < 1.29 is 13.2 Å². The second-order valence-electron chi connectivity index (χ2n) is 4.10. The van der Waals surface area contributed by atoms with Gasteiger partial charge >= 0.3 is 0 Å². The van der Waals surface area contributed by atoms with E-state index in [1.54, 1.807) is 12.1 Å². The van der Waals surface area contributed by atoms with Gasteiger partial charge in [-0.15, -0.1) is 11.8 Å². The molecule has 0 amide bonds. The molecule has 1 N–H and O–H groups in total. The molecular formula is C14H14ClNO3S2. The number of methoxy groups -OCH3 is 1. The largest absolute Gasteiger partial charge is 0.495 e. The van der Waals surface area contributed by atoms with Crippen molar-refractivity contribution in [2.75, 3.05) is 18.1 Å². The van der Waals surface area contributed by atoms with Crippen LogP contribution in [0, 0.1) is 0 Å². The lowest BCUT2D eigenvalue weighted by atomic mass is 10.3. The molecule has 0 aliphatic heterocycles. The van der Waals surface area contributed by atoms with Crippen LogP contribution in [0.15, 0.2) is 52.3 Å². The highest BCUT2D eigenvalue weighted by atomic mass is 35.5. The van der Waals surface area contributed by atoms with E-state index in [-0.39, 0.29) is 9.92 Å². The minimum atomic E-state index is -3.70. The number of benzene rings is 2. The van der Waals surface area contributed by atoms with Gasteiger partial charge in [-0.1, -0.05) is 23.7 Å². The van der Waals surface area contributed by atoms with Crippen LogP contribution in [0.5, 0.6) is 5.75 Å². The molecule has 2 aromatic carbocycles. The minimum absolute atomic E-state index is 0.0872. The zero-order chi connectivity index (χ0) is 15.5. The number of nitrogens with one attached hydrogen (secondary N) is 1. The lowest BCUT2D eigenvalue weighted by molar-refractivity contribution is 0.414. The zero-order valence-electron chi connectivity index (χ0n) is 11.5. The van der Waals surface area contributed by atoms with Gasteiger partial charge in [0.05, 0.1) is 22.7 Å². The Bertz CT molecular complexity index is 748. The predicted molar refractivity (Wildman–Crippen MR) is 87.0 cm³/mol. The minimum Gasteiger partial charge on any atom is -0.495 e. The number of hydrogen-bond donors (Lipinski definition) is 1. The number of ether oxygens (including phenoxy) is 1. The fourth-order valence-electron chi connectivity index (χ4n) is 1.75. The van der Waals surface area contributed by atoms with Crippen LogP contribution in [0.3, 0.4) is 0 Å². The van der Waals surface area contributed by atoms with E-state index in [0.717, 1.165) is 4.90 Å². The molecule has 0 saturated carbocycles. The molecule has 7 heteroatoms. The monoisotopic (exact) mass is 343 g/mol. The summed E-state index contributed by atoms with van der Waals surface area (Å²) in [6.07, 6.45) is 1.89. The Balaban J connectivity index is 2.36. The number of anilines is 1. The summed E-state index contributed by atoms with van der Waals surface area (Å²) < 4.78 is 32.4. The summed E-state index contributed by atoms with van der Waals surface area (Å²) in [6, 6.07) is 11.5. The Kier molecular flexibility index (Phi) is 5.03. The number of hydrogen-bond acceptors (Lipinski definition) is 4. The summed E-state index contributed by atoms with van der Waals surface area (Å²) in [5.41, 5.74) is 0.539. The first-order chi connectivity index (χ1) is 9.97. The fraction of sp³-hybridized carbons (Fsp3) is 0.143. The molecule has 0 bridgehead atoms. The van der Waals surface area contributed by atoms with Crippen LogP contribution in [0.25, 0.3) is 0 Å². The Morgan fingerprint density at radius 1 is 1.19 bits per heavy atom. The van der Waals surface area contributed by atoms with E-state index >= 15 is 0 Å². The number of sulfonamides is 1. The number of para-hydroxylation sites is 1. The van der Waals surface area contributed by atoms with Crippen LogP contribution in [-0.4, -0.2) is 21.8 Å². The van der Waals surface area contributed by atoms with Gasteiger partial charge in [0.1, 0.15) is 5.75 Å². The van der Waals surface area contributed by atoms with Crippen molar-refractivity contribution in [1.82, 2.24) is 0 Å². The number of halogens is 1. The van der Waals surface area contributed by atoms with Gasteiger partial charge in [0.2, 0.25) is 0 Å². The first-order valence-corrected chi connectivity index (χ1v) is 9.06. The third-order valence-corrected chi connectivity index (χ3v) is 5.24. The Morgan fingerprint density at radius 2 is 1.90 bits per heavy atom. The highest BCUT2D eigenvalue weighted by molar-refractivity contribution is 7.99. The molecular weight excluding hydrogens is 330 g/mol. The van der Waals surface area contributed by atoms with Gasteiger partial charge in [0.15, 0.2) is 0 Å². The first kappa shape index (κ1) is 16.0. The second kappa shape index (κ2) is 6.60. The summed E-state index contributed by atoms with van der Waals surface area (Å²) >= 11 is 7.44. The topological polar surface area (TPSA) is 55.4 Å². The van der Waals surface area contributed by atoms with Gasteiger partial charge in [0.25, 0.3) is 10.0 Å². The standard InChI is InChI=1S/C14H14ClNO3S2/c1-19-13-8-7-10(9-11(13)15)21(17,18)16-12-5-3-4-6-14(12)20-2/h3-9,16H,1-2H3. The predicted octanol–water partition coefficient (Wildman–Crippen LogP) is 3.87. The SMILES string of the molecule is COc1ccc(S(=O)(=O)Nc2ccccc2SC)cc1Cl. The van der Waals surface area contributed by atoms with Gasteiger partial charge in [-0.3, -0.25) is 4.72 Å². The maximum atomic E-state index is 12.4. The molecule has 0 aliphatic rings. The Labute approximate surface area is 133 Å². The van der Waals surface area contributed by atoms with Crippen molar-refractivity contribution in [2.24, 2.45) is 0 Å². The van der Waals surface area contributed by atoms with Crippen LogP contribution in [0.2, 0.25) is 5.02 Å². The molecule has 0 heterocycles. The van der Waals surface area contributed by atoms with E-state index in [2.05, 4.69) is 4.72 Å². The second-order valence-corrected chi connectivity index (χ2v) is 7.04. The first-order valence-electron chi connectivity index (χ1n) is 5.97. The maximum absolute atomic E-state index is 12.4. The van der Waals surface area contributed by atoms with E-state index in [1.807, 2.05) is 18.4 Å². The van der Waals surface area contributed by atoms with Crippen molar-refractivity contribution in [2.45, 2.75) is 9.79 Å². The third-order valence-electron chi connectivity index (χ3n) is 2.78. The van der Waals surface area contributed by atoms with Gasteiger partial charge in [-0.2, -0.15) is 0 Å². The summed E-state index contributed by atoms with van der Waals surface area (Å²) in [7, 11) is -2.22. The molecule has 0 saturated heterocycles. The Hall–Kier alpha value is -1.37. The summed E-state index contributed by atoms with van der Waals surface area (Å²) in [4.78, 5) is 0.935. The van der Waals surface area contributed by atoms with Crippen LogP contribution < -0.4 is 9.46 Å². The van der Waals surface area contributed by atoms with E-state index in [0.29, 0.717) is 11.4 Å². The number of thioether (sulfide) groups is 1. The van der Waals surface area contributed by atoms with Crippen molar-refractivity contribution >= 4 is 39.1 Å². The van der Waals surface area contributed by atoms with Crippen LogP contribution in [0.4, 0.5) is 5.69 Å². The van der Waals surface area contributed by atoms with Crippen molar-refractivity contribution in [3.63, 3.8) is 0 Å². The molecule has 0 unspecified atom stereocenters. The molecule has 0 spiro atoms. The third kappa shape index (κ3) is 3.64. The van der Waals surface area contributed by atoms with Crippen LogP contribution >= 0.6 is 23.4 Å². The van der Waals surface area contributed by atoms with Crippen molar-refractivity contribution in [1.29, 1.82) is 0 Å². The van der Waals surface area contributed by atoms with Gasteiger partial charge < -0.3 is 4.74 Å². The lowest BCUT2D eigenvalue weighted by Gasteiger charge is -2.12. The molecule has 0 aromatic heterocycles. The summed E-state index contributed by atoms with van der Waals surface area (Å²) in [6.45, 7) is 0. The molecule has 112 valence electrons. The van der Waals surface area contributed by atoms with Crippen molar-refractivity contribution in [3.8, 4) is 5.75 Å². The van der Waals surface area contributed by atoms with Gasteiger partial charge in [-0.05, 0) is 36.6 Å². The van der Waals surface area contributed by atoms with Crippen LogP contribution in [-0.2, 0) is 10.0 Å². The highest BCUT2D eigenvalue weighted by Gasteiger charge is 2.17. The molecule has 21 heavy (non-hydrogen) atoms. The van der Waals surface area contributed by atoms with E-state index < -0.39 is 10.0 Å². The molecule has 0 fully saturated rings. The fourth-order valence-corrected chi connectivity index (χ4v) is 3.79. The van der Waals surface area contributed by atoms with Gasteiger partial charge in [0, 0.05) is 4.90 Å². The Morgan fingerprint density at radius 3 is 2.52 bits per heavy atom. The summed E-state index contributed by atoms with van der Waals surface area (Å²) in [5, 5.41) is 0.249. The average molecular weight is 344 g/mol. The van der Waals surface area contributed by atoms with E-state index in [4.69, 9.17) is 16.3 Å². The smallest absolute Gasteiger partial charge is 0.261 e. The lowest BCUT2D eigenvalue weighted by Crippen LogP contribution is -2.13. The molecule has 2 aromatic rings. The molecule has 0 aliphatic carbocycles. The van der Waals surface area contributed by atoms with Crippen LogP contribution in [0.1, 0.15) is 0 Å². The molecule has 0 radical (unpaired) electrons. The van der Waals surface area contributed by atoms with Gasteiger partial charge in [-0.25, -0.2) is 8.42 Å². The average Bonchev–Trinajstić information content (AvgIpc) is 2.47. The van der Waals surface area contributed by atoms with E-state index in [1.165, 1.54) is 37.1 Å². The molecule has 2 rings (SSSR count). The van der Waals surface area contributed by atoms with E-state index in [9.17, 15) is 8.42 Å². The normalized spacial score (nSPS) is 11.2. The molecule has 0 atom stereocenters. The molecule has 4 nitrogen and oxygen atoms in total. The quantitative estimate of drug-likeness (QED) is 0.837. The zero-order valence-corrected chi connectivity index (χ0v) is 13.8. The highest BCUT2D eigenvalue weighted by Crippen LogP contribution is 2.30. The number of rotatable bonds is 5. The maximum Gasteiger partial charge on any atom is 0.261 e.